The summed E-state index contributed by atoms with van der Waals surface area (Å²) in [6.07, 6.45) is 0. The van der Waals surface area contributed by atoms with E-state index in [-0.39, 0.29) is 12.5 Å². The van der Waals surface area contributed by atoms with Gasteiger partial charge in [0, 0.05) is 5.02 Å². The highest BCUT2D eigenvalue weighted by Gasteiger charge is 2.15. The quantitative estimate of drug-likeness (QED) is 0.730. The second kappa shape index (κ2) is 7.44. The number of carbonyl (C=O) groups is 1. The third kappa shape index (κ3) is 4.12. The summed E-state index contributed by atoms with van der Waals surface area (Å²) in [5.41, 5.74) is 2.34. The smallest absolute Gasteiger partial charge is 0.244 e. The minimum Gasteiger partial charge on any atom is -0.323 e. The van der Waals surface area contributed by atoms with Crippen molar-refractivity contribution in [3.63, 3.8) is 0 Å². The molecule has 0 spiro atoms. The molecule has 0 radical (unpaired) electrons. The van der Waals surface area contributed by atoms with Gasteiger partial charge in [0.25, 0.3) is 0 Å². The van der Waals surface area contributed by atoms with Crippen molar-refractivity contribution in [3.05, 3.63) is 58.3 Å². The Bertz CT molecular complexity index is 921. The molecule has 25 heavy (non-hydrogen) atoms. The maximum absolute atomic E-state index is 12.5. The zero-order valence-corrected chi connectivity index (χ0v) is 15.5. The number of rotatable bonds is 5. The van der Waals surface area contributed by atoms with Crippen molar-refractivity contribution in [1.29, 1.82) is 0 Å². The molecule has 1 amide bonds. The van der Waals surface area contributed by atoms with Crippen LogP contribution in [0, 0.1) is 0 Å². The Morgan fingerprint density at radius 3 is 2.68 bits per heavy atom. The number of para-hydroxylation sites is 2. The van der Waals surface area contributed by atoms with Crippen LogP contribution in [0.25, 0.3) is 11.0 Å². The highest BCUT2D eigenvalue weighted by Crippen LogP contribution is 2.25. The van der Waals surface area contributed by atoms with Crippen LogP contribution in [0.2, 0.25) is 10.0 Å². The Balaban J connectivity index is 1.87. The van der Waals surface area contributed by atoms with E-state index in [2.05, 4.69) is 10.3 Å². The topological polar surface area (TPSA) is 50.2 Å². The standard InChI is InChI=1S/C18H18Cl2N4O/c1-23(2)10-17-21-15-5-3-4-6-16(15)24(17)11-18(25)22-14-8-7-12(19)9-13(14)20/h3-9H,10-11H2,1-2H3,(H,22,25). The SMILES string of the molecule is CN(C)Cc1nc2ccccc2n1CC(=O)Nc1ccc(Cl)cc1Cl. The van der Waals surface area contributed by atoms with Crippen LogP contribution < -0.4 is 5.32 Å². The Morgan fingerprint density at radius 1 is 1.20 bits per heavy atom. The molecule has 2 aromatic carbocycles. The Labute approximate surface area is 156 Å². The average molecular weight is 377 g/mol. The van der Waals surface area contributed by atoms with Gasteiger partial charge >= 0.3 is 0 Å². The van der Waals surface area contributed by atoms with Crippen molar-refractivity contribution in [3.8, 4) is 0 Å². The molecule has 1 aromatic heterocycles. The van der Waals surface area contributed by atoms with Crippen LogP contribution in [0.3, 0.4) is 0 Å². The number of nitrogens with zero attached hydrogens (tertiary/aromatic N) is 3. The van der Waals surface area contributed by atoms with Crippen LogP contribution in [0.15, 0.2) is 42.5 Å². The molecule has 3 aromatic rings. The lowest BCUT2D eigenvalue weighted by atomic mass is 10.3. The molecule has 0 bridgehead atoms. The number of aromatic nitrogens is 2. The van der Waals surface area contributed by atoms with Gasteiger partial charge in [-0.15, -0.1) is 0 Å². The number of halogens is 2. The molecule has 1 N–H and O–H groups in total. The van der Waals surface area contributed by atoms with Crippen molar-refractivity contribution in [2.75, 3.05) is 19.4 Å². The lowest BCUT2D eigenvalue weighted by Crippen LogP contribution is -2.22. The fourth-order valence-corrected chi connectivity index (χ4v) is 3.09. The van der Waals surface area contributed by atoms with Crippen LogP contribution in [-0.2, 0) is 17.9 Å². The van der Waals surface area contributed by atoms with E-state index in [0.29, 0.717) is 22.3 Å². The number of fused-ring (bicyclic) bond motifs is 1. The van der Waals surface area contributed by atoms with Gasteiger partial charge in [0.2, 0.25) is 5.91 Å². The van der Waals surface area contributed by atoms with E-state index in [1.165, 1.54) is 0 Å². The number of amides is 1. The molecule has 3 rings (SSSR count). The average Bonchev–Trinajstić information content (AvgIpc) is 2.87. The largest absolute Gasteiger partial charge is 0.323 e. The van der Waals surface area contributed by atoms with Gasteiger partial charge in [0.05, 0.1) is 28.3 Å². The van der Waals surface area contributed by atoms with Gasteiger partial charge in [-0.05, 0) is 44.4 Å². The Hall–Kier alpha value is -2.08. The molecule has 0 saturated carbocycles. The second-order valence-corrected chi connectivity index (χ2v) is 6.86. The van der Waals surface area contributed by atoms with Gasteiger partial charge in [-0.2, -0.15) is 0 Å². The number of benzene rings is 2. The number of nitrogens with one attached hydrogen (secondary N) is 1. The third-order valence-corrected chi connectivity index (χ3v) is 4.25. The van der Waals surface area contributed by atoms with Crippen LogP contribution in [-0.4, -0.2) is 34.5 Å². The summed E-state index contributed by atoms with van der Waals surface area (Å²) in [5, 5.41) is 3.76. The molecule has 0 aliphatic heterocycles. The summed E-state index contributed by atoms with van der Waals surface area (Å²) in [6, 6.07) is 12.8. The molecule has 0 unspecified atom stereocenters. The molecular formula is C18H18Cl2N4O. The van der Waals surface area contributed by atoms with Crippen LogP contribution in [0.5, 0.6) is 0 Å². The van der Waals surface area contributed by atoms with Crippen molar-refractivity contribution in [2.45, 2.75) is 13.1 Å². The zero-order chi connectivity index (χ0) is 18.0. The van der Waals surface area contributed by atoms with E-state index >= 15 is 0 Å². The lowest BCUT2D eigenvalue weighted by molar-refractivity contribution is -0.116. The van der Waals surface area contributed by atoms with Crippen LogP contribution >= 0.6 is 23.2 Å². The fourth-order valence-electron chi connectivity index (χ4n) is 2.63. The Morgan fingerprint density at radius 2 is 1.96 bits per heavy atom. The number of hydrogen-bond donors (Lipinski definition) is 1. The summed E-state index contributed by atoms with van der Waals surface area (Å²) in [4.78, 5) is 19.2. The first-order valence-electron chi connectivity index (χ1n) is 7.78. The van der Waals surface area contributed by atoms with Crippen molar-refractivity contribution in [2.24, 2.45) is 0 Å². The van der Waals surface area contributed by atoms with Crippen molar-refractivity contribution >= 4 is 45.8 Å². The molecule has 0 fully saturated rings. The van der Waals surface area contributed by atoms with Gasteiger partial charge in [0.15, 0.2) is 0 Å². The van der Waals surface area contributed by atoms with Gasteiger partial charge in [-0.25, -0.2) is 4.98 Å². The molecule has 5 nitrogen and oxygen atoms in total. The molecule has 0 atom stereocenters. The van der Waals surface area contributed by atoms with Crippen molar-refractivity contribution in [1.82, 2.24) is 14.5 Å². The normalized spacial score (nSPS) is 11.2. The predicted molar refractivity (Wildman–Crippen MR) is 102 cm³/mol. The predicted octanol–water partition coefficient (Wildman–Crippen LogP) is 4.04. The molecule has 0 saturated heterocycles. The molecule has 130 valence electrons. The summed E-state index contributed by atoms with van der Waals surface area (Å²) < 4.78 is 1.93. The first kappa shape index (κ1) is 17.7. The van der Waals surface area contributed by atoms with E-state index in [4.69, 9.17) is 23.2 Å². The molecule has 0 aliphatic carbocycles. The summed E-state index contributed by atoms with van der Waals surface area (Å²) >= 11 is 12.0. The minimum absolute atomic E-state index is 0.155. The van der Waals surface area contributed by atoms with Gasteiger partial charge in [0.1, 0.15) is 12.4 Å². The van der Waals surface area contributed by atoms with E-state index < -0.39 is 0 Å². The van der Waals surface area contributed by atoms with Crippen molar-refractivity contribution < 1.29 is 4.79 Å². The Kier molecular flexibility index (Phi) is 5.27. The van der Waals surface area contributed by atoms with E-state index in [0.717, 1.165) is 16.9 Å². The van der Waals surface area contributed by atoms with E-state index in [1.54, 1.807) is 18.2 Å². The maximum atomic E-state index is 12.5. The first-order chi connectivity index (χ1) is 11.9. The lowest BCUT2D eigenvalue weighted by Gasteiger charge is -2.13. The number of anilines is 1. The first-order valence-corrected chi connectivity index (χ1v) is 8.53. The molecule has 7 heteroatoms. The van der Waals surface area contributed by atoms with Crippen LogP contribution in [0.4, 0.5) is 5.69 Å². The highest BCUT2D eigenvalue weighted by molar-refractivity contribution is 6.36. The third-order valence-electron chi connectivity index (χ3n) is 3.70. The monoisotopic (exact) mass is 376 g/mol. The number of imidazole rings is 1. The van der Waals surface area contributed by atoms with Gasteiger partial charge in [-0.1, -0.05) is 35.3 Å². The van der Waals surface area contributed by atoms with E-state index in [1.807, 2.05) is 47.8 Å². The summed E-state index contributed by atoms with van der Waals surface area (Å²) in [7, 11) is 3.94. The summed E-state index contributed by atoms with van der Waals surface area (Å²) in [6.45, 7) is 0.798. The molecule has 1 heterocycles. The highest BCUT2D eigenvalue weighted by atomic mass is 35.5. The van der Waals surface area contributed by atoms with Crippen LogP contribution in [0.1, 0.15) is 5.82 Å². The fraction of sp³-hybridized carbons (Fsp3) is 0.222. The molecular weight excluding hydrogens is 359 g/mol. The van der Waals surface area contributed by atoms with E-state index in [9.17, 15) is 4.79 Å². The maximum Gasteiger partial charge on any atom is 0.244 e. The van der Waals surface area contributed by atoms with Gasteiger partial charge < -0.3 is 14.8 Å². The zero-order valence-electron chi connectivity index (χ0n) is 14.0. The number of hydrogen-bond acceptors (Lipinski definition) is 3. The minimum atomic E-state index is -0.174. The van der Waals surface area contributed by atoms with Gasteiger partial charge in [-0.3, -0.25) is 4.79 Å². The second-order valence-electron chi connectivity index (χ2n) is 6.01. The summed E-state index contributed by atoms with van der Waals surface area (Å²) in [5.74, 6) is 0.663. The number of carbonyl (C=O) groups excluding carboxylic acids is 1. The molecule has 0 aliphatic rings.